The largest absolute Gasteiger partial charge is 0.573 e. The number of carbonyl (C=O) groups is 1. The number of nitrogen functional groups attached to an aromatic ring is 1. The average Bonchev–Trinajstić information content (AvgIpc) is 3.30. The fraction of sp³-hybridized carbons (Fsp3) is 0.381. The molecule has 0 aliphatic carbocycles. The number of hydrogen-bond donors (Lipinski definition) is 3. The summed E-state index contributed by atoms with van der Waals surface area (Å²) in [5.74, 6) is -1.16. The van der Waals surface area contributed by atoms with Crippen LogP contribution in [0.5, 0.6) is 5.75 Å². The molecule has 1 aromatic carbocycles. The molecule has 0 bridgehead atoms. The van der Waals surface area contributed by atoms with E-state index in [-0.39, 0.29) is 27.9 Å². The van der Waals surface area contributed by atoms with Crippen LogP contribution in [0.25, 0.3) is 10.6 Å². The van der Waals surface area contributed by atoms with E-state index >= 15 is 0 Å². The van der Waals surface area contributed by atoms with E-state index < -0.39 is 36.3 Å². The van der Waals surface area contributed by atoms with E-state index in [1.165, 1.54) is 29.1 Å². The van der Waals surface area contributed by atoms with Crippen LogP contribution < -0.4 is 21.5 Å². The molecule has 1 fully saturated rings. The summed E-state index contributed by atoms with van der Waals surface area (Å²) in [4.78, 5) is 17.2. The summed E-state index contributed by atoms with van der Waals surface area (Å²) in [6.45, 7) is -0.188. The Bertz CT molecular complexity index is 1200. The van der Waals surface area contributed by atoms with Gasteiger partial charge in [0.05, 0.1) is 29.7 Å². The van der Waals surface area contributed by atoms with E-state index in [9.17, 15) is 22.4 Å². The number of nitrogens with two attached hydrogens (primary N) is 2. The van der Waals surface area contributed by atoms with Crippen LogP contribution in [0.3, 0.4) is 0 Å². The zero-order chi connectivity index (χ0) is 25.3. The number of aryl methyl sites for hydroxylation is 1. The molecule has 1 saturated heterocycles. The number of rotatable bonds is 5. The van der Waals surface area contributed by atoms with Gasteiger partial charge in [-0.1, -0.05) is 23.5 Å². The molecule has 4 rings (SSSR count). The van der Waals surface area contributed by atoms with Crippen molar-refractivity contribution in [3.63, 3.8) is 0 Å². The molecule has 3 atom stereocenters. The number of aromatic nitrogens is 3. The van der Waals surface area contributed by atoms with E-state index in [2.05, 4.69) is 20.1 Å². The Kier molecular flexibility index (Phi) is 6.96. The summed E-state index contributed by atoms with van der Waals surface area (Å²) >= 11 is 0.845. The van der Waals surface area contributed by atoms with Crippen LogP contribution >= 0.6 is 11.3 Å². The number of carbonyl (C=O) groups excluding carboxylic acids is 1. The maximum Gasteiger partial charge on any atom is 0.573 e. The molecule has 0 spiro atoms. The highest BCUT2D eigenvalue weighted by atomic mass is 32.1. The van der Waals surface area contributed by atoms with Crippen LogP contribution in [-0.4, -0.2) is 45.9 Å². The van der Waals surface area contributed by atoms with Crippen molar-refractivity contribution >= 4 is 27.9 Å². The van der Waals surface area contributed by atoms with Gasteiger partial charge in [0, 0.05) is 13.1 Å². The minimum absolute atomic E-state index is 0.00159. The average molecular weight is 515 g/mol. The highest BCUT2D eigenvalue weighted by Crippen LogP contribution is 2.38. The van der Waals surface area contributed by atoms with Crippen molar-refractivity contribution in [1.82, 2.24) is 14.8 Å². The zero-order valence-corrected chi connectivity index (χ0v) is 19.2. The van der Waals surface area contributed by atoms with Gasteiger partial charge in [0.1, 0.15) is 28.0 Å². The van der Waals surface area contributed by atoms with E-state index in [0.29, 0.717) is 24.2 Å². The molecule has 5 N–H and O–H groups in total. The topological polar surface area (TPSA) is 130 Å². The second-order valence-electron chi connectivity index (χ2n) is 7.88. The molecule has 0 radical (unpaired) electrons. The van der Waals surface area contributed by atoms with Gasteiger partial charge >= 0.3 is 6.36 Å². The number of nitrogens with one attached hydrogen (secondary N) is 1. The lowest BCUT2D eigenvalue weighted by Crippen LogP contribution is -2.32. The molecule has 3 heterocycles. The molecule has 1 aliphatic rings. The van der Waals surface area contributed by atoms with E-state index in [1.807, 2.05) is 0 Å². The number of ether oxygens (including phenoxy) is 2. The smallest absolute Gasteiger partial charge is 0.405 e. The van der Waals surface area contributed by atoms with Crippen molar-refractivity contribution in [2.24, 2.45) is 12.8 Å². The van der Waals surface area contributed by atoms with E-state index in [1.54, 1.807) is 7.05 Å². The van der Waals surface area contributed by atoms with Gasteiger partial charge in [-0.15, -0.1) is 13.2 Å². The monoisotopic (exact) mass is 514 g/mol. The fourth-order valence-electron chi connectivity index (χ4n) is 3.73. The highest BCUT2D eigenvalue weighted by molar-refractivity contribution is 7.19. The number of hydrogen-bond acceptors (Lipinski definition) is 8. The first kappa shape index (κ1) is 24.9. The minimum Gasteiger partial charge on any atom is -0.405 e. The Balaban J connectivity index is 1.58. The zero-order valence-electron chi connectivity index (χ0n) is 18.4. The number of nitrogens with zero attached hydrogens (tertiary/aromatic N) is 3. The van der Waals surface area contributed by atoms with Gasteiger partial charge in [0.2, 0.25) is 0 Å². The molecule has 188 valence electrons. The Morgan fingerprint density at radius 1 is 1.31 bits per heavy atom. The molecule has 3 aromatic rings. The van der Waals surface area contributed by atoms with Crippen LogP contribution in [0.15, 0.2) is 30.5 Å². The Labute approximate surface area is 201 Å². The first-order chi connectivity index (χ1) is 16.5. The van der Waals surface area contributed by atoms with E-state index in [0.717, 1.165) is 17.4 Å². The van der Waals surface area contributed by atoms with Crippen molar-refractivity contribution in [3.05, 3.63) is 41.9 Å². The van der Waals surface area contributed by atoms with Crippen molar-refractivity contribution in [2.75, 3.05) is 17.7 Å². The first-order valence-corrected chi connectivity index (χ1v) is 11.3. The van der Waals surface area contributed by atoms with Gasteiger partial charge in [-0.3, -0.25) is 9.48 Å². The maximum absolute atomic E-state index is 14.0. The molecular weight excluding hydrogens is 492 g/mol. The number of amides is 1. The summed E-state index contributed by atoms with van der Waals surface area (Å²) in [6.07, 6.45) is -4.55. The van der Waals surface area contributed by atoms with Crippen molar-refractivity contribution in [2.45, 2.75) is 37.5 Å². The third kappa shape index (κ3) is 5.55. The molecule has 9 nitrogen and oxygen atoms in total. The lowest BCUT2D eigenvalue weighted by Gasteiger charge is -2.17. The predicted octanol–water partition coefficient (Wildman–Crippen LogP) is 3.79. The second kappa shape index (κ2) is 9.79. The molecule has 1 aliphatic heterocycles. The minimum atomic E-state index is -4.90. The standard InChI is InChI=1S/C21H22F4N6O3S/c1-31-17(15-7-6-12(26)11(22)9-33-15)13(8-28-31)29-19(32)16-18(27)35-20(30-16)10-4-2-3-5-14(10)34-21(23,24)25/h2-5,8,11-12,15H,6-7,9,26-27H2,1H3,(H,29,32)/t11-,12+,15-/m0/s1. The quantitative estimate of drug-likeness (QED) is 0.442. The van der Waals surface area contributed by atoms with Gasteiger partial charge in [-0.05, 0) is 25.0 Å². The van der Waals surface area contributed by atoms with Crippen molar-refractivity contribution < 1.29 is 31.8 Å². The van der Waals surface area contributed by atoms with Gasteiger partial charge in [0.15, 0.2) is 5.69 Å². The molecule has 1 amide bonds. The van der Waals surface area contributed by atoms with Crippen LogP contribution in [0, 0.1) is 0 Å². The Morgan fingerprint density at radius 2 is 2.06 bits per heavy atom. The molecule has 2 aromatic heterocycles. The molecule has 35 heavy (non-hydrogen) atoms. The fourth-order valence-corrected chi connectivity index (χ4v) is 4.59. The lowest BCUT2D eigenvalue weighted by molar-refractivity contribution is -0.274. The third-order valence-electron chi connectivity index (χ3n) is 5.43. The number of halogens is 4. The van der Waals surface area contributed by atoms with Gasteiger partial charge < -0.3 is 26.3 Å². The SMILES string of the molecule is Cn1ncc(NC(=O)c2nc(-c3ccccc3OC(F)(F)F)sc2N)c1[C@@H]1CC[C@@H](N)[C@@H](F)CO1. The van der Waals surface area contributed by atoms with Crippen molar-refractivity contribution in [3.8, 4) is 16.3 Å². The lowest BCUT2D eigenvalue weighted by atomic mass is 10.0. The number of para-hydroxylation sites is 1. The van der Waals surface area contributed by atoms with Crippen LogP contribution in [0.1, 0.15) is 35.1 Å². The Hall–Kier alpha value is -3.23. The summed E-state index contributed by atoms with van der Waals surface area (Å²) < 4.78 is 63.5. The van der Waals surface area contributed by atoms with Gasteiger partial charge in [-0.2, -0.15) is 5.10 Å². The van der Waals surface area contributed by atoms with Gasteiger partial charge in [0.25, 0.3) is 5.91 Å². The first-order valence-electron chi connectivity index (χ1n) is 10.5. The molecule has 0 saturated carbocycles. The summed E-state index contributed by atoms with van der Waals surface area (Å²) in [5, 5.41) is 6.90. The van der Waals surface area contributed by atoms with Crippen LogP contribution in [0.4, 0.5) is 28.3 Å². The number of benzene rings is 1. The van der Waals surface area contributed by atoms with Gasteiger partial charge in [-0.25, -0.2) is 9.37 Å². The maximum atomic E-state index is 14.0. The third-order valence-corrected chi connectivity index (χ3v) is 6.35. The molecule has 0 unspecified atom stereocenters. The number of anilines is 2. The number of thiazole rings is 1. The summed E-state index contributed by atoms with van der Waals surface area (Å²) in [6, 6.07) is 4.77. The summed E-state index contributed by atoms with van der Waals surface area (Å²) in [5.41, 5.74) is 12.5. The Morgan fingerprint density at radius 3 is 2.80 bits per heavy atom. The summed E-state index contributed by atoms with van der Waals surface area (Å²) in [7, 11) is 1.65. The van der Waals surface area contributed by atoms with Crippen molar-refractivity contribution in [1.29, 1.82) is 0 Å². The molecular formula is C21H22F4N6O3S. The highest BCUT2D eigenvalue weighted by Gasteiger charge is 2.33. The van der Waals surface area contributed by atoms with E-state index in [4.69, 9.17) is 16.2 Å². The number of alkyl halides is 4. The van der Waals surface area contributed by atoms with Crippen LogP contribution in [-0.2, 0) is 11.8 Å². The second-order valence-corrected chi connectivity index (χ2v) is 8.91. The predicted molar refractivity (Wildman–Crippen MR) is 121 cm³/mol. The van der Waals surface area contributed by atoms with Crippen LogP contribution in [0.2, 0.25) is 0 Å². The normalized spacial score (nSPS) is 20.9. The molecule has 14 heteroatoms.